The predicted octanol–water partition coefficient (Wildman–Crippen LogP) is 3.32. The molecule has 0 heteroatoms. The highest BCUT2D eigenvalue weighted by atomic mass is 14.9. The van der Waals surface area contributed by atoms with Crippen LogP contribution in [0.25, 0.3) is 0 Å². The van der Waals surface area contributed by atoms with Crippen molar-refractivity contribution in [2.24, 2.45) is 35.0 Å². The Morgan fingerprint density at radius 3 is 2.67 bits per heavy atom. The van der Waals surface area contributed by atoms with Gasteiger partial charge in [-0.15, -0.1) is 0 Å². The fraction of sp³-hybridized carbons (Fsp3) is 1.00. The molecule has 0 aliphatic heterocycles. The number of hydrogen-bond acceptors (Lipinski definition) is 0. The zero-order chi connectivity index (χ0) is 8.51. The van der Waals surface area contributed by atoms with Crippen LogP contribution in [0.2, 0.25) is 0 Å². The monoisotopic (exact) mass is 164 g/mol. The van der Waals surface area contributed by atoms with Crippen molar-refractivity contribution in [3.8, 4) is 0 Å². The van der Waals surface area contributed by atoms with Crippen molar-refractivity contribution in [3.05, 3.63) is 0 Å². The van der Waals surface area contributed by atoms with E-state index in [1.165, 1.54) is 24.7 Å². The van der Waals surface area contributed by atoms with Gasteiger partial charge in [-0.2, -0.15) is 0 Å². The van der Waals surface area contributed by atoms with Gasteiger partial charge in [-0.25, -0.2) is 0 Å². The molecule has 0 nitrogen and oxygen atoms in total. The quantitative estimate of drug-likeness (QED) is 0.600. The third-order valence-electron chi connectivity index (χ3n) is 5.28. The Morgan fingerprint density at radius 2 is 2.25 bits per heavy atom. The molecule has 0 aromatic heterocycles. The molecule has 3 aliphatic carbocycles. The Labute approximate surface area is 75.7 Å². The smallest absolute Gasteiger partial charge is 0.0201 e. The molecule has 0 saturated heterocycles. The van der Waals surface area contributed by atoms with Crippen LogP contribution in [0.3, 0.4) is 0 Å². The van der Waals surface area contributed by atoms with E-state index < -0.39 is 0 Å². The summed E-state index contributed by atoms with van der Waals surface area (Å²) >= 11 is 0. The minimum absolute atomic E-state index is 0.965. The average molecular weight is 164 g/mol. The van der Waals surface area contributed by atoms with E-state index >= 15 is 0 Å². The molecule has 3 aliphatic rings. The lowest BCUT2D eigenvalue weighted by molar-refractivity contribution is 0.177. The molecule has 0 N–H and O–H groups in total. The minimum atomic E-state index is 0.965. The molecule has 3 saturated carbocycles. The molecule has 12 heavy (non-hydrogen) atoms. The van der Waals surface area contributed by atoms with Crippen LogP contribution in [-0.2, 0) is 0 Å². The topological polar surface area (TPSA) is 0 Å². The Kier molecular flexibility index (Phi) is 1.18. The molecule has 0 aromatic carbocycles. The first-order valence-corrected chi connectivity index (χ1v) is 5.73. The normalized spacial score (nSPS) is 61.2. The highest BCUT2D eigenvalue weighted by molar-refractivity contribution is 5.35. The zero-order valence-electron chi connectivity index (χ0n) is 8.51. The standard InChI is InChI=1S/C12H20/c1-4-5-7(2)10-9-6-12(9)8(3)11(10)12/h7-11H,4-6H2,1-3H3. The van der Waals surface area contributed by atoms with Crippen LogP contribution >= 0.6 is 0 Å². The summed E-state index contributed by atoms with van der Waals surface area (Å²) in [6.45, 7) is 7.30. The van der Waals surface area contributed by atoms with Gasteiger partial charge in [0.15, 0.2) is 0 Å². The molecule has 0 bridgehead atoms. The first-order chi connectivity index (χ1) is 5.73. The Hall–Kier alpha value is 0. The molecule has 6 unspecified atom stereocenters. The average Bonchev–Trinajstić information content (AvgIpc) is 2.74. The molecule has 3 rings (SSSR count). The maximum absolute atomic E-state index is 2.49. The molecule has 0 heterocycles. The lowest BCUT2D eigenvalue weighted by atomic mass is 9.75. The summed E-state index contributed by atoms with van der Waals surface area (Å²) < 4.78 is 0. The van der Waals surface area contributed by atoms with E-state index in [4.69, 9.17) is 0 Å². The highest BCUT2D eigenvalue weighted by Gasteiger charge is 2.88. The lowest BCUT2D eigenvalue weighted by Crippen LogP contribution is -2.25. The van der Waals surface area contributed by atoms with Crippen molar-refractivity contribution in [2.45, 2.75) is 40.0 Å². The SMILES string of the molecule is CCCC(C)C1C2CC23C(C)C13. The fourth-order valence-corrected chi connectivity index (χ4v) is 4.64. The van der Waals surface area contributed by atoms with E-state index in [1.807, 2.05) is 0 Å². The summed E-state index contributed by atoms with van der Waals surface area (Å²) in [7, 11) is 0. The number of rotatable bonds is 3. The van der Waals surface area contributed by atoms with Crippen LogP contribution in [0.4, 0.5) is 0 Å². The third-order valence-corrected chi connectivity index (χ3v) is 5.28. The summed E-state index contributed by atoms with van der Waals surface area (Å²) in [4.78, 5) is 0. The summed E-state index contributed by atoms with van der Waals surface area (Å²) in [5.41, 5.74) is 0.965. The second kappa shape index (κ2) is 1.91. The first kappa shape index (κ1) is 7.41. The summed E-state index contributed by atoms with van der Waals surface area (Å²) in [6.07, 6.45) is 4.47. The second-order valence-electron chi connectivity index (χ2n) is 5.58. The van der Waals surface area contributed by atoms with Crippen molar-refractivity contribution >= 4 is 0 Å². The fourth-order valence-electron chi connectivity index (χ4n) is 4.64. The van der Waals surface area contributed by atoms with Gasteiger partial charge in [0.2, 0.25) is 0 Å². The third kappa shape index (κ3) is 0.561. The van der Waals surface area contributed by atoms with Gasteiger partial charge >= 0.3 is 0 Å². The molecule has 68 valence electrons. The van der Waals surface area contributed by atoms with E-state index in [1.54, 1.807) is 6.42 Å². The van der Waals surface area contributed by atoms with Gasteiger partial charge in [-0.05, 0) is 41.4 Å². The Bertz CT molecular complexity index is 220. The molecule has 0 radical (unpaired) electrons. The van der Waals surface area contributed by atoms with Crippen LogP contribution in [0.15, 0.2) is 0 Å². The van der Waals surface area contributed by atoms with Crippen molar-refractivity contribution in [2.75, 3.05) is 0 Å². The number of hydrogen-bond donors (Lipinski definition) is 0. The highest BCUT2D eigenvalue weighted by Crippen LogP contribution is 2.93. The van der Waals surface area contributed by atoms with E-state index in [-0.39, 0.29) is 0 Å². The molecule has 0 aromatic rings. The van der Waals surface area contributed by atoms with E-state index in [0.29, 0.717) is 0 Å². The van der Waals surface area contributed by atoms with Gasteiger partial charge in [-0.1, -0.05) is 33.6 Å². The van der Waals surface area contributed by atoms with Crippen molar-refractivity contribution in [1.29, 1.82) is 0 Å². The van der Waals surface area contributed by atoms with Crippen LogP contribution in [0.1, 0.15) is 40.0 Å². The van der Waals surface area contributed by atoms with E-state index in [0.717, 1.165) is 23.2 Å². The van der Waals surface area contributed by atoms with Crippen LogP contribution in [0.5, 0.6) is 0 Å². The van der Waals surface area contributed by atoms with Gasteiger partial charge in [-0.3, -0.25) is 0 Å². The summed E-state index contributed by atoms with van der Waals surface area (Å²) in [6, 6.07) is 0. The summed E-state index contributed by atoms with van der Waals surface area (Å²) in [5.74, 6) is 5.68. The zero-order valence-corrected chi connectivity index (χ0v) is 8.51. The Morgan fingerprint density at radius 1 is 1.50 bits per heavy atom. The van der Waals surface area contributed by atoms with Crippen LogP contribution in [0, 0.1) is 35.0 Å². The molecule has 0 amide bonds. The largest absolute Gasteiger partial charge is 0.0654 e. The van der Waals surface area contributed by atoms with Crippen molar-refractivity contribution < 1.29 is 0 Å². The molecular weight excluding hydrogens is 144 g/mol. The molecule has 1 spiro atoms. The van der Waals surface area contributed by atoms with Crippen molar-refractivity contribution in [3.63, 3.8) is 0 Å². The maximum atomic E-state index is 2.49. The Balaban J connectivity index is 1.67. The first-order valence-electron chi connectivity index (χ1n) is 5.73. The minimum Gasteiger partial charge on any atom is -0.0654 e. The van der Waals surface area contributed by atoms with E-state index in [9.17, 15) is 0 Å². The second-order valence-corrected chi connectivity index (χ2v) is 5.58. The summed E-state index contributed by atoms with van der Waals surface area (Å²) in [5, 5.41) is 0. The maximum Gasteiger partial charge on any atom is -0.0201 e. The van der Waals surface area contributed by atoms with Gasteiger partial charge in [0.25, 0.3) is 0 Å². The molecule has 6 atom stereocenters. The molecular formula is C12H20. The van der Waals surface area contributed by atoms with Gasteiger partial charge in [0.1, 0.15) is 0 Å². The van der Waals surface area contributed by atoms with Crippen LogP contribution in [-0.4, -0.2) is 0 Å². The lowest BCUT2D eigenvalue weighted by Gasteiger charge is -2.30. The van der Waals surface area contributed by atoms with E-state index in [2.05, 4.69) is 20.8 Å². The van der Waals surface area contributed by atoms with Crippen molar-refractivity contribution in [1.82, 2.24) is 0 Å². The molecule has 3 fully saturated rings. The predicted molar refractivity (Wildman–Crippen MR) is 50.8 cm³/mol. The van der Waals surface area contributed by atoms with Crippen LogP contribution < -0.4 is 0 Å². The van der Waals surface area contributed by atoms with Gasteiger partial charge in [0.05, 0.1) is 0 Å². The van der Waals surface area contributed by atoms with Gasteiger partial charge < -0.3 is 0 Å². The van der Waals surface area contributed by atoms with Gasteiger partial charge in [0, 0.05) is 0 Å².